The van der Waals surface area contributed by atoms with Gasteiger partial charge in [-0.1, -0.05) is 42.1 Å². The maximum absolute atomic E-state index is 12.6. The molecule has 0 radical (unpaired) electrons. The molecule has 0 spiro atoms. The van der Waals surface area contributed by atoms with Gasteiger partial charge in [-0.05, 0) is 49.1 Å². The smallest absolute Gasteiger partial charge is 0.251 e. The fourth-order valence-electron chi connectivity index (χ4n) is 3.21. The molecule has 1 atom stereocenters. The molecule has 0 bridgehead atoms. The van der Waals surface area contributed by atoms with Gasteiger partial charge in [0.05, 0.1) is 12.6 Å². The van der Waals surface area contributed by atoms with E-state index in [1.165, 1.54) is 0 Å². The van der Waals surface area contributed by atoms with Crippen molar-refractivity contribution in [3.8, 4) is 5.75 Å². The standard InChI is InChI=1S/C21H25N3O2S/c1-21(11-13-27-20(22)24-21)17-8-5-7-16(14-17)19(25)23-12-10-15-6-3-4-9-18(15)26-2/h3-9,14H,10-13H2,1-2H3,(H2,22,24)(H,23,25). The fourth-order valence-corrected chi connectivity index (χ4v) is 4.19. The molecule has 1 aliphatic rings. The van der Waals surface area contributed by atoms with Crippen LogP contribution in [0.1, 0.15) is 34.8 Å². The highest BCUT2D eigenvalue weighted by atomic mass is 32.2. The van der Waals surface area contributed by atoms with Gasteiger partial charge in [0.15, 0.2) is 5.17 Å². The molecule has 1 amide bonds. The van der Waals surface area contributed by atoms with Crippen LogP contribution in [-0.2, 0) is 12.0 Å². The Morgan fingerprint density at radius 2 is 2.11 bits per heavy atom. The second-order valence-corrected chi connectivity index (χ2v) is 7.84. The Hall–Kier alpha value is -2.47. The molecule has 27 heavy (non-hydrogen) atoms. The number of amidine groups is 1. The van der Waals surface area contributed by atoms with E-state index >= 15 is 0 Å². The second kappa shape index (κ2) is 8.48. The molecule has 6 heteroatoms. The highest BCUT2D eigenvalue weighted by Gasteiger charge is 2.29. The van der Waals surface area contributed by atoms with Gasteiger partial charge in [0, 0.05) is 17.9 Å². The Morgan fingerprint density at radius 3 is 2.89 bits per heavy atom. The van der Waals surface area contributed by atoms with E-state index in [0.29, 0.717) is 23.7 Å². The lowest BCUT2D eigenvalue weighted by molar-refractivity contribution is 0.0954. The van der Waals surface area contributed by atoms with Gasteiger partial charge in [-0.2, -0.15) is 0 Å². The molecular formula is C21H25N3O2S. The zero-order valence-corrected chi connectivity index (χ0v) is 16.5. The molecule has 0 saturated heterocycles. The van der Waals surface area contributed by atoms with Crippen LogP contribution in [0.15, 0.2) is 53.5 Å². The number of nitrogens with two attached hydrogens (primary N) is 1. The molecule has 1 unspecified atom stereocenters. The van der Waals surface area contributed by atoms with E-state index in [1.807, 2.05) is 48.5 Å². The summed E-state index contributed by atoms with van der Waals surface area (Å²) in [5, 5.41) is 3.60. The maximum Gasteiger partial charge on any atom is 0.251 e. The number of benzene rings is 2. The van der Waals surface area contributed by atoms with E-state index < -0.39 is 0 Å². The first kappa shape index (κ1) is 19.3. The number of para-hydroxylation sites is 1. The van der Waals surface area contributed by atoms with Gasteiger partial charge in [0.2, 0.25) is 0 Å². The lowest BCUT2D eigenvalue weighted by Crippen LogP contribution is -2.30. The van der Waals surface area contributed by atoms with Gasteiger partial charge in [0.25, 0.3) is 5.91 Å². The highest BCUT2D eigenvalue weighted by molar-refractivity contribution is 8.13. The van der Waals surface area contributed by atoms with Crippen LogP contribution >= 0.6 is 11.8 Å². The van der Waals surface area contributed by atoms with Crippen LogP contribution in [0.2, 0.25) is 0 Å². The van der Waals surface area contributed by atoms with Crippen LogP contribution in [0.25, 0.3) is 0 Å². The minimum Gasteiger partial charge on any atom is -0.496 e. The summed E-state index contributed by atoms with van der Waals surface area (Å²) in [7, 11) is 1.66. The first-order valence-corrected chi connectivity index (χ1v) is 9.99. The molecule has 0 fully saturated rings. The lowest BCUT2D eigenvalue weighted by atomic mass is 9.88. The Morgan fingerprint density at radius 1 is 1.30 bits per heavy atom. The van der Waals surface area contributed by atoms with Gasteiger partial charge >= 0.3 is 0 Å². The monoisotopic (exact) mass is 383 g/mol. The largest absolute Gasteiger partial charge is 0.496 e. The van der Waals surface area contributed by atoms with E-state index in [0.717, 1.165) is 29.1 Å². The van der Waals surface area contributed by atoms with Crippen LogP contribution in [0.5, 0.6) is 5.75 Å². The van der Waals surface area contributed by atoms with Gasteiger partial charge in [0.1, 0.15) is 5.75 Å². The molecule has 3 rings (SSSR count). The van der Waals surface area contributed by atoms with E-state index in [4.69, 9.17) is 10.5 Å². The van der Waals surface area contributed by atoms with Crippen molar-refractivity contribution in [3.63, 3.8) is 0 Å². The third kappa shape index (κ3) is 4.63. The normalized spacial score (nSPS) is 19.3. The summed E-state index contributed by atoms with van der Waals surface area (Å²) >= 11 is 1.58. The number of hydrogen-bond donors (Lipinski definition) is 2. The molecular weight excluding hydrogens is 358 g/mol. The van der Waals surface area contributed by atoms with Crippen LogP contribution in [0.4, 0.5) is 0 Å². The number of thioether (sulfide) groups is 1. The van der Waals surface area contributed by atoms with Crippen LogP contribution in [0, 0.1) is 0 Å². The van der Waals surface area contributed by atoms with Crippen molar-refractivity contribution in [2.45, 2.75) is 25.3 Å². The summed E-state index contributed by atoms with van der Waals surface area (Å²) in [6, 6.07) is 15.5. The highest BCUT2D eigenvalue weighted by Crippen LogP contribution is 2.35. The van der Waals surface area contributed by atoms with Gasteiger partial charge < -0.3 is 15.8 Å². The van der Waals surface area contributed by atoms with Crippen molar-refractivity contribution >= 4 is 22.8 Å². The molecule has 1 aliphatic heterocycles. The molecule has 2 aromatic carbocycles. The number of nitrogens with one attached hydrogen (secondary N) is 1. The molecule has 0 aliphatic carbocycles. The molecule has 142 valence electrons. The first-order chi connectivity index (χ1) is 13.0. The van der Waals surface area contributed by atoms with Crippen molar-refractivity contribution in [1.82, 2.24) is 5.32 Å². The Bertz CT molecular complexity index is 853. The van der Waals surface area contributed by atoms with Crippen LogP contribution in [0.3, 0.4) is 0 Å². The summed E-state index contributed by atoms with van der Waals surface area (Å²) in [4.78, 5) is 17.2. The van der Waals surface area contributed by atoms with Crippen molar-refractivity contribution in [3.05, 3.63) is 65.2 Å². The van der Waals surface area contributed by atoms with Crippen molar-refractivity contribution < 1.29 is 9.53 Å². The van der Waals surface area contributed by atoms with Crippen molar-refractivity contribution in [2.24, 2.45) is 10.7 Å². The minimum atomic E-state index is -0.372. The van der Waals surface area contributed by atoms with Gasteiger partial charge in [-0.3, -0.25) is 9.79 Å². The zero-order chi connectivity index (χ0) is 19.3. The molecule has 0 aromatic heterocycles. The molecule has 5 nitrogen and oxygen atoms in total. The third-order valence-electron chi connectivity index (χ3n) is 4.81. The summed E-state index contributed by atoms with van der Waals surface area (Å²) in [6.07, 6.45) is 1.61. The number of hydrogen-bond acceptors (Lipinski definition) is 5. The number of rotatable bonds is 6. The van der Waals surface area contributed by atoms with Crippen LogP contribution < -0.4 is 15.8 Å². The molecule has 3 N–H and O–H groups in total. The zero-order valence-electron chi connectivity index (χ0n) is 15.7. The van der Waals surface area contributed by atoms with E-state index in [9.17, 15) is 4.79 Å². The SMILES string of the molecule is COc1ccccc1CCNC(=O)c1cccc(C2(C)CCSC(N)=N2)c1. The number of methoxy groups -OCH3 is 1. The summed E-state index contributed by atoms with van der Waals surface area (Å²) in [5.41, 5.74) is 8.27. The number of carbonyl (C=O) groups is 1. The maximum atomic E-state index is 12.6. The topological polar surface area (TPSA) is 76.7 Å². The average Bonchev–Trinajstić information content (AvgIpc) is 2.68. The molecule has 2 aromatic rings. The summed E-state index contributed by atoms with van der Waals surface area (Å²) in [6.45, 7) is 2.61. The average molecular weight is 384 g/mol. The van der Waals surface area contributed by atoms with E-state index in [-0.39, 0.29) is 11.4 Å². The van der Waals surface area contributed by atoms with Gasteiger partial charge in [-0.15, -0.1) is 0 Å². The fraction of sp³-hybridized carbons (Fsp3) is 0.333. The third-order valence-corrected chi connectivity index (χ3v) is 5.61. The Balaban J connectivity index is 1.66. The number of nitrogens with zero attached hydrogens (tertiary/aromatic N) is 1. The number of amides is 1. The van der Waals surface area contributed by atoms with Gasteiger partial charge in [-0.25, -0.2) is 0 Å². The van der Waals surface area contributed by atoms with Crippen molar-refractivity contribution in [1.29, 1.82) is 0 Å². The quantitative estimate of drug-likeness (QED) is 0.802. The summed E-state index contributed by atoms with van der Waals surface area (Å²) < 4.78 is 5.35. The van der Waals surface area contributed by atoms with E-state index in [2.05, 4.69) is 17.2 Å². The van der Waals surface area contributed by atoms with E-state index in [1.54, 1.807) is 18.9 Å². The predicted octanol–water partition coefficient (Wildman–Crippen LogP) is 3.33. The lowest BCUT2D eigenvalue weighted by Gasteiger charge is -2.30. The summed E-state index contributed by atoms with van der Waals surface area (Å²) in [5.74, 6) is 1.69. The minimum absolute atomic E-state index is 0.0857. The second-order valence-electron chi connectivity index (χ2n) is 6.72. The molecule has 0 saturated carbocycles. The van der Waals surface area contributed by atoms with Crippen molar-refractivity contribution in [2.75, 3.05) is 19.4 Å². The first-order valence-electron chi connectivity index (χ1n) is 9.00. The molecule has 1 heterocycles. The van der Waals surface area contributed by atoms with Crippen LogP contribution in [-0.4, -0.2) is 30.5 Å². The number of ether oxygens (including phenoxy) is 1. The Kier molecular flexibility index (Phi) is 6.06. The predicted molar refractivity (Wildman–Crippen MR) is 112 cm³/mol. The Labute approximate surface area is 164 Å². The number of aliphatic imine (C=N–C) groups is 1. The number of carbonyl (C=O) groups excluding carboxylic acids is 1.